The number of amides is 1. The van der Waals surface area contributed by atoms with E-state index >= 15 is 0 Å². The van der Waals surface area contributed by atoms with E-state index < -0.39 is 5.41 Å². The average Bonchev–Trinajstić information content (AvgIpc) is 2.48. The number of ether oxygens (including phenoxy) is 1. The van der Waals surface area contributed by atoms with Crippen LogP contribution in [-0.2, 0) is 10.2 Å². The predicted molar refractivity (Wildman–Crippen MR) is 83.6 cm³/mol. The standard InChI is InChI=1S/C18H18FNO2/c1-22-14-7-4-6-13(12-14)20-17(21)18(10-5-11-18)15-8-2-3-9-16(15)19/h2-4,6-9,12H,5,10-11H2,1H3,(H,20,21). The highest BCUT2D eigenvalue weighted by molar-refractivity contribution is 6.00. The van der Waals surface area contributed by atoms with E-state index in [0.717, 1.165) is 6.42 Å². The van der Waals surface area contributed by atoms with Crippen molar-refractivity contribution in [3.05, 3.63) is 59.9 Å². The van der Waals surface area contributed by atoms with Gasteiger partial charge in [0.05, 0.1) is 12.5 Å². The summed E-state index contributed by atoms with van der Waals surface area (Å²) >= 11 is 0. The summed E-state index contributed by atoms with van der Waals surface area (Å²) in [4.78, 5) is 12.8. The summed E-state index contributed by atoms with van der Waals surface area (Å²) in [6.07, 6.45) is 2.27. The smallest absolute Gasteiger partial charge is 0.235 e. The third-order valence-corrected chi connectivity index (χ3v) is 4.36. The lowest BCUT2D eigenvalue weighted by Gasteiger charge is -2.40. The monoisotopic (exact) mass is 299 g/mol. The van der Waals surface area contributed by atoms with Gasteiger partial charge in [-0.15, -0.1) is 0 Å². The quantitative estimate of drug-likeness (QED) is 0.930. The Morgan fingerprint density at radius 1 is 1.18 bits per heavy atom. The fourth-order valence-corrected chi connectivity index (χ4v) is 2.95. The number of carbonyl (C=O) groups excluding carboxylic acids is 1. The van der Waals surface area contributed by atoms with Crippen molar-refractivity contribution in [2.75, 3.05) is 12.4 Å². The molecule has 114 valence electrons. The molecule has 0 aromatic heterocycles. The molecule has 0 radical (unpaired) electrons. The third kappa shape index (κ3) is 2.45. The molecule has 4 heteroatoms. The highest BCUT2D eigenvalue weighted by Gasteiger charge is 2.47. The molecule has 3 nitrogen and oxygen atoms in total. The molecule has 1 amide bonds. The molecule has 0 heterocycles. The van der Waals surface area contributed by atoms with Gasteiger partial charge in [0.2, 0.25) is 5.91 Å². The second kappa shape index (κ2) is 5.79. The van der Waals surface area contributed by atoms with E-state index in [2.05, 4.69) is 5.32 Å². The molecule has 1 saturated carbocycles. The number of anilines is 1. The van der Waals surface area contributed by atoms with Crippen LogP contribution in [0.15, 0.2) is 48.5 Å². The van der Waals surface area contributed by atoms with Crippen molar-refractivity contribution in [2.45, 2.75) is 24.7 Å². The highest BCUT2D eigenvalue weighted by atomic mass is 19.1. The van der Waals surface area contributed by atoms with Crippen LogP contribution in [0.5, 0.6) is 5.75 Å². The Hall–Kier alpha value is -2.36. The number of methoxy groups -OCH3 is 1. The number of rotatable bonds is 4. The summed E-state index contributed by atoms with van der Waals surface area (Å²) in [6.45, 7) is 0. The van der Waals surface area contributed by atoms with Gasteiger partial charge in [0, 0.05) is 17.3 Å². The molecule has 1 aliphatic carbocycles. The Balaban J connectivity index is 1.87. The predicted octanol–water partition coefficient (Wildman–Crippen LogP) is 3.89. The summed E-state index contributed by atoms with van der Waals surface area (Å²) in [5.74, 6) is 0.200. The van der Waals surface area contributed by atoms with Crippen molar-refractivity contribution < 1.29 is 13.9 Å². The van der Waals surface area contributed by atoms with Crippen molar-refractivity contribution in [2.24, 2.45) is 0 Å². The number of carbonyl (C=O) groups is 1. The van der Waals surface area contributed by atoms with Gasteiger partial charge in [-0.1, -0.05) is 30.7 Å². The van der Waals surface area contributed by atoms with Crippen LogP contribution in [0.3, 0.4) is 0 Å². The maximum Gasteiger partial charge on any atom is 0.235 e. The molecule has 0 saturated heterocycles. The maximum absolute atomic E-state index is 14.1. The van der Waals surface area contributed by atoms with Gasteiger partial charge in [-0.2, -0.15) is 0 Å². The minimum atomic E-state index is -0.756. The van der Waals surface area contributed by atoms with Gasteiger partial charge in [-0.25, -0.2) is 4.39 Å². The number of nitrogens with one attached hydrogen (secondary N) is 1. The minimum Gasteiger partial charge on any atom is -0.497 e. The lowest BCUT2D eigenvalue weighted by molar-refractivity contribution is -0.124. The lowest BCUT2D eigenvalue weighted by Crippen LogP contribution is -2.46. The lowest BCUT2D eigenvalue weighted by atomic mass is 9.63. The molecule has 0 aliphatic heterocycles. The maximum atomic E-state index is 14.1. The first kappa shape index (κ1) is 14.6. The molecule has 2 aromatic rings. The van der Waals surface area contributed by atoms with Gasteiger partial charge in [0.15, 0.2) is 0 Å². The fraction of sp³-hybridized carbons (Fsp3) is 0.278. The SMILES string of the molecule is COc1cccc(NC(=O)C2(c3ccccc3F)CCC2)c1. The molecule has 0 atom stereocenters. The number of hydrogen-bond donors (Lipinski definition) is 1. The van der Waals surface area contributed by atoms with Gasteiger partial charge in [0.1, 0.15) is 11.6 Å². The molecule has 0 unspecified atom stereocenters. The first-order chi connectivity index (χ1) is 10.7. The van der Waals surface area contributed by atoms with Crippen molar-refractivity contribution >= 4 is 11.6 Å². The number of halogens is 1. The molecular weight excluding hydrogens is 281 g/mol. The summed E-state index contributed by atoms with van der Waals surface area (Å²) < 4.78 is 19.3. The Labute approximate surface area is 129 Å². The second-order valence-electron chi connectivity index (χ2n) is 5.60. The normalized spacial score (nSPS) is 15.7. The Morgan fingerprint density at radius 3 is 2.59 bits per heavy atom. The van der Waals surface area contributed by atoms with Crippen molar-refractivity contribution in [1.29, 1.82) is 0 Å². The van der Waals surface area contributed by atoms with Gasteiger partial charge in [-0.3, -0.25) is 4.79 Å². The third-order valence-electron chi connectivity index (χ3n) is 4.36. The van der Waals surface area contributed by atoms with Crippen LogP contribution in [0.25, 0.3) is 0 Å². The largest absolute Gasteiger partial charge is 0.497 e. The summed E-state index contributed by atoms with van der Waals surface area (Å²) in [6, 6.07) is 13.7. The van der Waals surface area contributed by atoms with Crippen molar-refractivity contribution in [3.63, 3.8) is 0 Å². The first-order valence-electron chi connectivity index (χ1n) is 7.36. The molecular formula is C18H18FNO2. The zero-order valence-electron chi connectivity index (χ0n) is 12.4. The van der Waals surface area contributed by atoms with Crippen LogP contribution in [0, 0.1) is 5.82 Å². The van der Waals surface area contributed by atoms with E-state index in [9.17, 15) is 9.18 Å². The topological polar surface area (TPSA) is 38.3 Å². The highest BCUT2D eigenvalue weighted by Crippen LogP contribution is 2.45. The summed E-state index contributed by atoms with van der Waals surface area (Å²) in [5.41, 5.74) is 0.391. The molecule has 22 heavy (non-hydrogen) atoms. The molecule has 1 N–H and O–H groups in total. The summed E-state index contributed by atoms with van der Waals surface area (Å²) in [7, 11) is 1.58. The Morgan fingerprint density at radius 2 is 1.95 bits per heavy atom. The van der Waals surface area contributed by atoms with Crippen LogP contribution in [0.4, 0.5) is 10.1 Å². The van der Waals surface area contributed by atoms with E-state index in [1.165, 1.54) is 6.07 Å². The van der Waals surface area contributed by atoms with Gasteiger partial charge in [0.25, 0.3) is 0 Å². The molecule has 1 aliphatic rings. The molecule has 1 fully saturated rings. The molecule has 2 aromatic carbocycles. The van der Waals surface area contributed by atoms with Crippen LogP contribution >= 0.6 is 0 Å². The van der Waals surface area contributed by atoms with E-state index in [-0.39, 0.29) is 11.7 Å². The van der Waals surface area contributed by atoms with Crippen LogP contribution in [0.2, 0.25) is 0 Å². The van der Waals surface area contributed by atoms with E-state index in [0.29, 0.717) is 29.8 Å². The Kier molecular flexibility index (Phi) is 3.84. The zero-order valence-corrected chi connectivity index (χ0v) is 12.4. The van der Waals surface area contributed by atoms with Crippen LogP contribution < -0.4 is 10.1 Å². The second-order valence-corrected chi connectivity index (χ2v) is 5.60. The van der Waals surface area contributed by atoms with Gasteiger partial charge in [-0.05, 0) is 31.0 Å². The van der Waals surface area contributed by atoms with E-state index in [1.54, 1.807) is 37.4 Å². The first-order valence-corrected chi connectivity index (χ1v) is 7.36. The molecule has 0 spiro atoms. The zero-order chi connectivity index (χ0) is 15.6. The van der Waals surface area contributed by atoms with Crippen LogP contribution in [0.1, 0.15) is 24.8 Å². The number of hydrogen-bond acceptors (Lipinski definition) is 2. The Bertz CT molecular complexity index is 695. The van der Waals surface area contributed by atoms with E-state index in [4.69, 9.17) is 4.74 Å². The molecule has 0 bridgehead atoms. The van der Waals surface area contributed by atoms with E-state index in [1.807, 2.05) is 12.1 Å². The van der Waals surface area contributed by atoms with Crippen molar-refractivity contribution in [3.8, 4) is 5.75 Å². The van der Waals surface area contributed by atoms with Gasteiger partial charge >= 0.3 is 0 Å². The van der Waals surface area contributed by atoms with Crippen molar-refractivity contribution in [1.82, 2.24) is 0 Å². The molecule has 3 rings (SSSR count). The van der Waals surface area contributed by atoms with Gasteiger partial charge < -0.3 is 10.1 Å². The number of benzene rings is 2. The summed E-state index contributed by atoms with van der Waals surface area (Å²) in [5, 5.41) is 2.90. The fourth-order valence-electron chi connectivity index (χ4n) is 2.95. The van der Waals surface area contributed by atoms with Crippen LogP contribution in [-0.4, -0.2) is 13.0 Å². The average molecular weight is 299 g/mol. The minimum absolute atomic E-state index is 0.155.